The van der Waals surface area contributed by atoms with Crippen molar-refractivity contribution in [1.29, 1.82) is 0 Å². The minimum atomic E-state index is -3.33. The molecule has 0 unspecified atom stereocenters. The molecule has 1 aliphatic rings. The fourth-order valence-electron chi connectivity index (χ4n) is 4.44. The standard InChI is InChI=1S/C23H29N5O5S/c1-5-14-11-27(34(4,30)31)13-19(14)26-22-18(23(24)29)10-25-28-12-15(8-20(22)28)17-7-6-16(32-2)9-21(17)33-3/h6-10,12,14,19,26H,5,11,13H2,1-4H3,(H2,24,29)/t14-,19-/m1/s1. The highest BCUT2D eigenvalue weighted by atomic mass is 32.2. The van der Waals surface area contributed by atoms with Crippen LogP contribution in [0.1, 0.15) is 23.7 Å². The average molecular weight is 488 g/mol. The molecule has 3 heterocycles. The Morgan fingerprint density at radius 3 is 2.62 bits per heavy atom. The summed E-state index contributed by atoms with van der Waals surface area (Å²) >= 11 is 0. The van der Waals surface area contributed by atoms with Crippen molar-refractivity contribution in [1.82, 2.24) is 13.9 Å². The molecule has 11 heteroatoms. The van der Waals surface area contributed by atoms with Gasteiger partial charge in [-0.1, -0.05) is 13.3 Å². The maximum atomic E-state index is 12.3. The van der Waals surface area contributed by atoms with E-state index in [4.69, 9.17) is 15.2 Å². The molecule has 1 saturated heterocycles. The third-order valence-electron chi connectivity index (χ3n) is 6.35. The van der Waals surface area contributed by atoms with E-state index in [9.17, 15) is 13.2 Å². The molecule has 2 atom stereocenters. The van der Waals surface area contributed by atoms with Gasteiger partial charge in [0.1, 0.15) is 11.5 Å². The summed E-state index contributed by atoms with van der Waals surface area (Å²) in [6.45, 7) is 2.76. The molecule has 4 rings (SSSR count). The van der Waals surface area contributed by atoms with Crippen molar-refractivity contribution < 1.29 is 22.7 Å². The Labute approximate surface area is 198 Å². The van der Waals surface area contributed by atoms with Gasteiger partial charge in [-0.3, -0.25) is 4.79 Å². The lowest BCUT2D eigenvalue weighted by Crippen LogP contribution is -2.32. The molecule has 3 aromatic rings. The minimum Gasteiger partial charge on any atom is -0.497 e. The summed E-state index contributed by atoms with van der Waals surface area (Å²) in [5, 5.41) is 7.80. The Kier molecular flexibility index (Phi) is 6.41. The summed E-state index contributed by atoms with van der Waals surface area (Å²) in [5.74, 6) is 0.765. The van der Waals surface area contributed by atoms with Gasteiger partial charge in [0.15, 0.2) is 0 Å². The third-order valence-corrected chi connectivity index (χ3v) is 7.59. The van der Waals surface area contributed by atoms with Gasteiger partial charge in [-0.25, -0.2) is 12.9 Å². The van der Waals surface area contributed by atoms with E-state index in [1.165, 1.54) is 16.8 Å². The molecule has 0 radical (unpaired) electrons. The Morgan fingerprint density at radius 2 is 2.00 bits per heavy atom. The van der Waals surface area contributed by atoms with Crippen molar-refractivity contribution in [3.05, 3.63) is 42.2 Å². The second-order valence-electron chi connectivity index (χ2n) is 8.42. The van der Waals surface area contributed by atoms with E-state index < -0.39 is 15.9 Å². The van der Waals surface area contributed by atoms with Crippen LogP contribution in [-0.2, 0) is 10.0 Å². The van der Waals surface area contributed by atoms with Gasteiger partial charge in [0.25, 0.3) is 5.91 Å². The lowest BCUT2D eigenvalue weighted by molar-refractivity contribution is 0.100. The molecule has 0 saturated carbocycles. The van der Waals surface area contributed by atoms with Crippen LogP contribution in [0.25, 0.3) is 16.6 Å². The Balaban J connectivity index is 1.80. The minimum absolute atomic E-state index is 0.0831. The van der Waals surface area contributed by atoms with Gasteiger partial charge >= 0.3 is 0 Å². The van der Waals surface area contributed by atoms with Crippen LogP contribution in [0.4, 0.5) is 5.69 Å². The molecule has 1 fully saturated rings. The first-order chi connectivity index (χ1) is 16.2. The highest BCUT2D eigenvalue weighted by Crippen LogP contribution is 2.37. The number of rotatable bonds is 8. The van der Waals surface area contributed by atoms with Crippen molar-refractivity contribution in [2.45, 2.75) is 19.4 Å². The van der Waals surface area contributed by atoms with E-state index in [0.717, 1.165) is 17.5 Å². The third kappa shape index (κ3) is 4.40. The number of fused-ring (bicyclic) bond motifs is 1. The summed E-state index contributed by atoms with van der Waals surface area (Å²) in [6, 6.07) is 7.24. The number of primary amides is 1. The number of hydrogen-bond acceptors (Lipinski definition) is 7. The zero-order chi connectivity index (χ0) is 24.6. The molecular weight excluding hydrogens is 458 g/mol. The highest BCUT2D eigenvalue weighted by molar-refractivity contribution is 7.88. The van der Waals surface area contributed by atoms with Crippen LogP contribution in [0.5, 0.6) is 11.5 Å². The largest absolute Gasteiger partial charge is 0.497 e. The summed E-state index contributed by atoms with van der Waals surface area (Å²) in [4.78, 5) is 12.3. The highest BCUT2D eigenvalue weighted by Gasteiger charge is 2.36. The first kappa shape index (κ1) is 23.8. The van der Waals surface area contributed by atoms with Crippen molar-refractivity contribution in [2.75, 3.05) is 38.9 Å². The number of anilines is 1. The van der Waals surface area contributed by atoms with E-state index in [-0.39, 0.29) is 17.5 Å². The topological polar surface area (TPSA) is 128 Å². The van der Waals surface area contributed by atoms with Gasteiger partial charge in [-0.15, -0.1) is 0 Å². The van der Waals surface area contributed by atoms with Gasteiger partial charge in [0.2, 0.25) is 10.0 Å². The maximum Gasteiger partial charge on any atom is 0.252 e. The molecule has 34 heavy (non-hydrogen) atoms. The molecule has 1 aromatic carbocycles. The van der Waals surface area contributed by atoms with Crippen molar-refractivity contribution in [2.24, 2.45) is 11.7 Å². The average Bonchev–Trinajstić information content (AvgIpc) is 3.42. The van der Waals surface area contributed by atoms with Crippen molar-refractivity contribution in [3.63, 3.8) is 0 Å². The van der Waals surface area contributed by atoms with E-state index in [2.05, 4.69) is 10.4 Å². The fourth-order valence-corrected chi connectivity index (χ4v) is 5.34. The van der Waals surface area contributed by atoms with E-state index in [1.54, 1.807) is 24.8 Å². The summed E-state index contributed by atoms with van der Waals surface area (Å²) < 4.78 is 38.2. The number of carbonyl (C=O) groups excluding carboxylic acids is 1. The predicted octanol–water partition coefficient (Wildman–Crippen LogP) is 2.20. The number of carbonyl (C=O) groups is 1. The Morgan fingerprint density at radius 1 is 1.24 bits per heavy atom. The summed E-state index contributed by atoms with van der Waals surface area (Å²) in [5.41, 5.74) is 8.75. The van der Waals surface area contributed by atoms with E-state index >= 15 is 0 Å². The molecule has 0 bridgehead atoms. The summed E-state index contributed by atoms with van der Waals surface area (Å²) in [7, 11) is -0.150. The van der Waals surface area contributed by atoms with E-state index in [1.807, 2.05) is 31.3 Å². The Hall–Kier alpha value is -3.31. The van der Waals surface area contributed by atoms with Crippen LogP contribution in [0.3, 0.4) is 0 Å². The van der Waals surface area contributed by atoms with Crippen LogP contribution in [-0.4, -0.2) is 67.9 Å². The lowest BCUT2D eigenvalue weighted by Gasteiger charge is -2.21. The van der Waals surface area contributed by atoms with Crippen LogP contribution < -0.4 is 20.5 Å². The van der Waals surface area contributed by atoms with Crippen LogP contribution in [0.2, 0.25) is 0 Å². The second-order valence-corrected chi connectivity index (χ2v) is 10.4. The molecular formula is C23H29N5O5S. The van der Waals surface area contributed by atoms with E-state index in [0.29, 0.717) is 35.8 Å². The molecule has 0 aliphatic carbocycles. The second kappa shape index (κ2) is 9.15. The normalized spacial score (nSPS) is 18.8. The first-order valence-corrected chi connectivity index (χ1v) is 12.8. The number of benzene rings is 1. The smallest absolute Gasteiger partial charge is 0.252 e. The molecule has 0 spiro atoms. The predicted molar refractivity (Wildman–Crippen MR) is 130 cm³/mol. The van der Waals surface area contributed by atoms with Crippen LogP contribution in [0, 0.1) is 5.92 Å². The molecule has 10 nitrogen and oxygen atoms in total. The number of sulfonamides is 1. The number of nitrogens with two attached hydrogens (primary N) is 1. The zero-order valence-corrected chi connectivity index (χ0v) is 20.4. The Bertz CT molecular complexity index is 1340. The monoisotopic (exact) mass is 487 g/mol. The van der Waals surface area contributed by atoms with Gasteiger partial charge < -0.3 is 20.5 Å². The molecule has 182 valence electrons. The van der Waals surface area contributed by atoms with Crippen molar-refractivity contribution >= 4 is 27.1 Å². The number of aromatic nitrogens is 2. The van der Waals surface area contributed by atoms with Crippen molar-refractivity contribution in [3.8, 4) is 22.6 Å². The summed E-state index contributed by atoms with van der Waals surface area (Å²) in [6.07, 6.45) is 5.26. The van der Waals surface area contributed by atoms with Gasteiger partial charge in [-0.05, 0) is 24.1 Å². The van der Waals surface area contributed by atoms with Crippen LogP contribution >= 0.6 is 0 Å². The molecule has 2 aromatic heterocycles. The maximum absolute atomic E-state index is 12.3. The molecule has 1 amide bonds. The van der Waals surface area contributed by atoms with Gasteiger partial charge in [0.05, 0.1) is 43.4 Å². The number of nitrogens with one attached hydrogen (secondary N) is 1. The first-order valence-electron chi connectivity index (χ1n) is 10.9. The number of ether oxygens (including phenoxy) is 2. The lowest BCUT2D eigenvalue weighted by atomic mass is 10.00. The number of methoxy groups -OCH3 is 2. The zero-order valence-electron chi connectivity index (χ0n) is 19.6. The van der Waals surface area contributed by atoms with Gasteiger partial charge in [-0.2, -0.15) is 9.40 Å². The molecule has 3 N–H and O–H groups in total. The van der Waals surface area contributed by atoms with Crippen LogP contribution in [0.15, 0.2) is 36.7 Å². The number of nitrogens with zero attached hydrogens (tertiary/aromatic N) is 3. The SMILES string of the molecule is CC[C@@H]1CN(S(C)(=O)=O)C[C@H]1Nc1c(C(N)=O)cnn2cc(-c3ccc(OC)cc3OC)cc12. The van der Waals surface area contributed by atoms with Gasteiger partial charge in [0, 0.05) is 42.5 Å². The number of amides is 1. The quantitative estimate of drug-likeness (QED) is 0.498. The number of hydrogen-bond donors (Lipinski definition) is 2. The molecule has 1 aliphatic heterocycles. The fraction of sp³-hybridized carbons (Fsp3) is 0.391.